The number of benzene rings is 2. The molecule has 1 unspecified atom stereocenters. The van der Waals surface area contributed by atoms with Gasteiger partial charge >= 0.3 is 0 Å². The maximum absolute atomic E-state index is 13.5. The topological polar surface area (TPSA) is 196 Å². The van der Waals surface area contributed by atoms with Crippen LogP contribution in [0.5, 0.6) is 5.75 Å². The predicted molar refractivity (Wildman–Crippen MR) is 236 cm³/mol. The molecule has 336 valence electrons. The zero-order chi connectivity index (χ0) is 44.8. The van der Waals surface area contributed by atoms with Crippen LogP contribution in [0.4, 0.5) is 17.2 Å². The summed E-state index contributed by atoms with van der Waals surface area (Å²) in [5.74, 6) is 0.952. The Morgan fingerprint density at radius 2 is 1.83 bits per heavy atom. The Balaban J connectivity index is 0.795. The SMILES string of the molecule is CC[C@@H]1C(=O)N(C)c2cnc(Cc3ccc(C(=O)CC4CCN(CCNCCOCC(=O)Nc5cccc6c5CN(C5CCC(=O)NC5=O)C6=O)CC4)cc3OC)nc2N1C(C)C. The number of carbonyl (C=O) groups excluding carboxylic acids is 6. The van der Waals surface area contributed by atoms with E-state index in [2.05, 4.69) is 44.6 Å². The van der Waals surface area contributed by atoms with Gasteiger partial charge in [-0.2, -0.15) is 0 Å². The summed E-state index contributed by atoms with van der Waals surface area (Å²) >= 11 is 0. The van der Waals surface area contributed by atoms with Crippen LogP contribution in [0.15, 0.2) is 42.6 Å². The lowest BCUT2D eigenvalue weighted by molar-refractivity contribution is -0.137. The van der Waals surface area contributed by atoms with Crippen molar-refractivity contribution in [2.75, 3.05) is 75.2 Å². The summed E-state index contributed by atoms with van der Waals surface area (Å²) < 4.78 is 11.4. The van der Waals surface area contributed by atoms with Crippen molar-refractivity contribution < 1.29 is 38.2 Å². The molecule has 0 spiro atoms. The van der Waals surface area contributed by atoms with E-state index in [-0.39, 0.29) is 67.5 Å². The van der Waals surface area contributed by atoms with Crippen LogP contribution in [-0.2, 0) is 36.9 Å². The molecule has 63 heavy (non-hydrogen) atoms. The van der Waals surface area contributed by atoms with Gasteiger partial charge in [-0.1, -0.05) is 25.1 Å². The van der Waals surface area contributed by atoms with Gasteiger partial charge in [0.25, 0.3) is 5.91 Å². The maximum Gasteiger partial charge on any atom is 0.255 e. The molecular weight excluding hydrogens is 807 g/mol. The van der Waals surface area contributed by atoms with E-state index in [4.69, 9.17) is 14.5 Å². The summed E-state index contributed by atoms with van der Waals surface area (Å²) in [4.78, 5) is 93.4. The number of piperidine rings is 2. The van der Waals surface area contributed by atoms with Gasteiger partial charge in [-0.25, -0.2) is 9.97 Å². The van der Waals surface area contributed by atoms with Crippen molar-refractivity contribution in [1.82, 2.24) is 30.4 Å². The minimum Gasteiger partial charge on any atom is -0.496 e. The number of Topliss-reactive ketones (excluding diaryl/α,β-unsaturated/α-hetero) is 1. The Kier molecular flexibility index (Phi) is 14.5. The highest BCUT2D eigenvalue weighted by Crippen LogP contribution is 2.37. The first-order valence-electron chi connectivity index (χ1n) is 22.1. The maximum atomic E-state index is 13.5. The van der Waals surface area contributed by atoms with Crippen LogP contribution in [0, 0.1) is 5.92 Å². The van der Waals surface area contributed by atoms with Gasteiger partial charge in [0.1, 0.15) is 36.0 Å². The smallest absolute Gasteiger partial charge is 0.255 e. The molecule has 3 N–H and O–H groups in total. The van der Waals surface area contributed by atoms with Crippen LogP contribution in [-0.4, -0.2) is 133 Å². The van der Waals surface area contributed by atoms with Crippen molar-refractivity contribution in [1.29, 1.82) is 0 Å². The highest BCUT2D eigenvalue weighted by atomic mass is 16.5. The number of imide groups is 1. The molecule has 0 aliphatic carbocycles. The molecule has 5 heterocycles. The molecular formula is C46H59N9O8. The predicted octanol–water partition coefficient (Wildman–Crippen LogP) is 3.34. The van der Waals surface area contributed by atoms with Crippen molar-refractivity contribution in [3.05, 3.63) is 70.7 Å². The average molecular weight is 866 g/mol. The Morgan fingerprint density at radius 1 is 1.03 bits per heavy atom. The van der Waals surface area contributed by atoms with Gasteiger partial charge in [0.05, 0.1) is 19.9 Å². The number of likely N-dealkylation sites (N-methyl/N-ethyl adjacent to an activating group) is 1. The zero-order valence-corrected chi connectivity index (χ0v) is 36.9. The minimum atomic E-state index is -0.730. The first kappa shape index (κ1) is 45.3. The number of amides is 5. The molecule has 4 aliphatic rings. The Labute approximate surface area is 368 Å². The first-order chi connectivity index (χ1) is 30.4. The molecule has 17 heteroatoms. The largest absolute Gasteiger partial charge is 0.496 e. The average Bonchev–Trinajstić information content (AvgIpc) is 3.61. The number of methoxy groups -OCH3 is 1. The third kappa shape index (κ3) is 10.2. The highest BCUT2D eigenvalue weighted by Gasteiger charge is 2.41. The van der Waals surface area contributed by atoms with Gasteiger partial charge < -0.3 is 39.7 Å². The molecule has 0 radical (unpaired) electrons. The van der Waals surface area contributed by atoms with Crippen LogP contribution in [0.25, 0.3) is 0 Å². The number of carbonyl (C=O) groups is 6. The van der Waals surface area contributed by atoms with Crippen molar-refractivity contribution >= 4 is 52.5 Å². The van der Waals surface area contributed by atoms with E-state index < -0.39 is 11.9 Å². The second-order valence-corrected chi connectivity index (χ2v) is 17.0. The van der Waals surface area contributed by atoms with Crippen LogP contribution < -0.4 is 30.5 Å². The molecule has 2 saturated heterocycles. The molecule has 3 aromatic rings. The third-order valence-electron chi connectivity index (χ3n) is 12.6. The number of nitrogens with one attached hydrogen (secondary N) is 3. The lowest BCUT2D eigenvalue weighted by Crippen LogP contribution is -2.55. The molecule has 0 bridgehead atoms. The van der Waals surface area contributed by atoms with Crippen molar-refractivity contribution in [2.45, 2.75) is 90.4 Å². The Bertz CT molecular complexity index is 2220. The summed E-state index contributed by atoms with van der Waals surface area (Å²) in [6, 6.07) is 9.76. The molecule has 0 saturated carbocycles. The van der Waals surface area contributed by atoms with Crippen molar-refractivity contribution in [3.63, 3.8) is 0 Å². The number of likely N-dealkylation sites (tertiary alicyclic amines) is 1. The summed E-state index contributed by atoms with van der Waals surface area (Å²) in [7, 11) is 3.38. The zero-order valence-electron chi connectivity index (χ0n) is 36.9. The summed E-state index contributed by atoms with van der Waals surface area (Å²) in [6.45, 7) is 10.5. The second-order valence-electron chi connectivity index (χ2n) is 17.0. The first-order valence-corrected chi connectivity index (χ1v) is 22.1. The van der Waals surface area contributed by atoms with Gasteiger partial charge in [0.15, 0.2) is 11.6 Å². The van der Waals surface area contributed by atoms with Gasteiger partial charge in [-0.05, 0) is 76.7 Å². The van der Waals surface area contributed by atoms with Gasteiger partial charge in [0.2, 0.25) is 23.6 Å². The third-order valence-corrected chi connectivity index (χ3v) is 12.6. The summed E-state index contributed by atoms with van der Waals surface area (Å²) in [6.07, 6.45) is 5.61. The van der Waals surface area contributed by atoms with Gasteiger partial charge in [-0.3, -0.25) is 34.1 Å². The van der Waals surface area contributed by atoms with Gasteiger partial charge in [-0.15, -0.1) is 0 Å². The van der Waals surface area contributed by atoms with E-state index in [1.165, 1.54) is 4.90 Å². The monoisotopic (exact) mass is 865 g/mol. The lowest BCUT2D eigenvalue weighted by Gasteiger charge is -2.42. The molecule has 2 atom stereocenters. The van der Waals surface area contributed by atoms with Gasteiger partial charge in [0, 0.05) is 86.5 Å². The normalized spacial score (nSPS) is 19.4. The molecule has 1 aromatic heterocycles. The van der Waals surface area contributed by atoms with E-state index >= 15 is 0 Å². The number of ketones is 1. The standard InChI is InChI=1S/C46H59N9O8/c1-6-35-46(61)52(4)37-25-48-40(50-43(37)55(35)28(2)3)24-31-11-10-30(23-39(31)62-5)38(56)22-29-14-18-53(19-15-29)20-16-47-17-21-63-27-42(58)49-34-9-7-8-32-33(34)26-54(45(32)60)36-12-13-41(57)51-44(36)59/h7-11,23,25,28-29,35-36,47H,6,12-22,24,26-27H2,1-5H3,(H,49,58)(H,51,57,59)/t35-,36?/m1/s1. The molecule has 4 aliphatic heterocycles. The minimum absolute atomic E-state index is 0.0390. The fourth-order valence-corrected chi connectivity index (χ4v) is 9.09. The quantitative estimate of drug-likeness (QED) is 0.0959. The number of aromatic nitrogens is 2. The van der Waals surface area contributed by atoms with Crippen molar-refractivity contribution in [3.8, 4) is 5.75 Å². The van der Waals surface area contributed by atoms with E-state index in [1.807, 2.05) is 25.1 Å². The number of nitrogens with zero attached hydrogens (tertiary/aromatic N) is 6. The lowest BCUT2D eigenvalue weighted by atomic mass is 9.89. The summed E-state index contributed by atoms with van der Waals surface area (Å²) in [5.41, 5.74) is 3.76. The number of ether oxygens (including phenoxy) is 2. The number of hydrogen-bond acceptors (Lipinski definition) is 13. The Hall–Kier alpha value is -5.78. The van der Waals surface area contributed by atoms with Crippen LogP contribution in [0.3, 0.4) is 0 Å². The number of hydrogen-bond donors (Lipinski definition) is 3. The fourth-order valence-electron chi connectivity index (χ4n) is 9.09. The van der Waals surface area contributed by atoms with E-state index in [1.54, 1.807) is 43.5 Å². The molecule has 17 nitrogen and oxygen atoms in total. The van der Waals surface area contributed by atoms with E-state index in [0.717, 1.165) is 50.4 Å². The van der Waals surface area contributed by atoms with Crippen LogP contribution in [0.2, 0.25) is 0 Å². The fraction of sp³-hybridized carbons (Fsp3) is 0.522. The Morgan fingerprint density at radius 3 is 2.56 bits per heavy atom. The summed E-state index contributed by atoms with van der Waals surface area (Å²) in [5, 5.41) is 8.52. The van der Waals surface area contributed by atoms with E-state index in [9.17, 15) is 28.8 Å². The number of fused-ring (bicyclic) bond motifs is 2. The number of anilines is 3. The molecule has 2 aromatic carbocycles. The molecule has 7 rings (SSSR count). The second kappa shape index (κ2) is 20.2. The van der Waals surface area contributed by atoms with Crippen molar-refractivity contribution in [2.24, 2.45) is 5.92 Å². The number of rotatable bonds is 18. The van der Waals surface area contributed by atoms with E-state index in [0.29, 0.717) is 78.0 Å². The van der Waals surface area contributed by atoms with Crippen LogP contribution >= 0.6 is 0 Å². The molecule has 5 amide bonds. The highest BCUT2D eigenvalue weighted by molar-refractivity contribution is 6.07. The van der Waals surface area contributed by atoms with Crippen LogP contribution in [0.1, 0.15) is 97.0 Å². The molecule has 2 fully saturated rings.